The van der Waals surface area contributed by atoms with Crippen molar-refractivity contribution in [3.63, 3.8) is 0 Å². The molecule has 0 amide bonds. The van der Waals surface area contributed by atoms with Crippen LogP contribution in [0.2, 0.25) is 5.02 Å². The van der Waals surface area contributed by atoms with Gasteiger partial charge in [0.1, 0.15) is 0 Å². The molecule has 4 heteroatoms. The first-order chi connectivity index (χ1) is 9.33. The fraction of sp³-hybridized carbons (Fsp3) is 0.400. The summed E-state index contributed by atoms with van der Waals surface area (Å²) >= 11 is 6.22. The first kappa shape index (κ1) is 12.7. The monoisotopic (exact) mass is 275 g/mol. The van der Waals surface area contributed by atoms with Crippen molar-refractivity contribution in [2.75, 3.05) is 6.54 Å². The van der Waals surface area contributed by atoms with Crippen LogP contribution in [0.5, 0.6) is 0 Å². The molecule has 1 aliphatic rings. The van der Waals surface area contributed by atoms with Crippen LogP contribution in [0.25, 0.3) is 0 Å². The third-order valence-electron chi connectivity index (χ3n) is 3.82. The molecule has 0 radical (unpaired) electrons. The summed E-state index contributed by atoms with van der Waals surface area (Å²) in [7, 11) is 0. The summed E-state index contributed by atoms with van der Waals surface area (Å²) in [5.74, 6) is 0.621. The minimum absolute atomic E-state index is 0.621. The minimum atomic E-state index is 0.621. The Hall–Kier alpha value is -1.32. The number of halogens is 1. The third-order valence-corrected chi connectivity index (χ3v) is 4.16. The molecule has 0 bridgehead atoms. The molecule has 1 saturated carbocycles. The molecule has 1 fully saturated rings. The average molecular weight is 276 g/mol. The molecule has 0 spiro atoms. The van der Waals surface area contributed by atoms with Gasteiger partial charge in [-0.3, -0.25) is 4.68 Å². The van der Waals surface area contributed by atoms with E-state index in [1.165, 1.54) is 18.4 Å². The van der Waals surface area contributed by atoms with Crippen LogP contribution in [0.15, 0.2) is 42.7 Å². The van der Waals surface area contributed by atoms with E-state index >= 15 is 0 Å². The summed E-state index contributed by atoms with van der Waals surface area (Å²) in [4.78, 5) is 0. The highest BCUT2D eigenvalue weighted by Crippen LogP contribution is 2.39. The van der Waals surface area contributed by atoms with Crippen molar-refractivity contribution in [3.05, 3.63) is 53.3 Å². The normalized spacial score (nSPS) is 22.2. The van der Waals surface area contributed by atoms with Gasteiger partial charge in [-0.2, -0.15) is 5.10 Å². The van der Waals surface area contributed by atoms with Crippen LogP contribution in [0.4, 0.5) is 0 Å². The molecule has 19 heavy (non-hydrogen) atoms. The van der Waals surface area contributed by atoms with E-state index in [1.54, 1.807) is 0 Å². The predicted molar refractivity (Wildman–Crippen MR) is 77.4 cm³/mol. The fourth-order valence-electron chi connectivity index (χ4n) is 2.66. The van der Waals surface area contributed by atoms with E-state index in [-0.39, 0.29) is 0 Å². The lowest BCUT2D eigenvalue weighted by atomic mass is 9.76. The number of aromatic nitrogens is 2. The van der Waals surface area contributed by atoms with Crippen LogP contribution < -0.4 is 5.32 Å². The standard InChI is InChI=1S/C15H18ClN3/c16-15-5-2-1-4-14(15)12-10-13(11-12)17-7-9-19-8-3-6-18-19/h1-6,8,12-13,17H,7,9-11H2. The molecule has 1 aromatic carbocycles. The second kappa shape index (κ2) is 5.76. The first-order valence-electron chi connectivity index (χ1n) is 6.78. The maximum absolute atomic E-state index is 6.22. The Kier molecular flexibility index (Phi) is 3.85. The Morgan fingerprint density at radius 2 is 2.11 bits per heavy atom. The van der Waals surface area contributed by atoms with Crippen LogP contribution in [-0.2, 0) is 6.54 Å². The lowest BCUT2D eigenvalue weighted by Crippen LogP contribution is -2.41. The Morgan fingerprint density at radius 1 is 1.26 bits per heavy atom. The van der Waals surface area contributed by atoms with E-state index in [2.05, 4.69) is 22.5 Å². The lowest BCUT2D eigenvalue weighted by molar-refractivity contribution is 0.287. The zero-order valence-electron chi connectivity index (χ0n) is 10.8. The maximum atomic E-state index is 6.22. The molecular formula is C15H18ClN3. The molecule has 100 valence electrons. The van der Waals surface area contributed by atoms with Crippen molar-refractivity contribution in [2.24, 2.45) is 0 Å². The van der Waals surface area contributed by atoms with Crippen LogP contribution in [0, 0.1) is 0 Å². The van der Waals surface area contributed by atoms with Gasteiger partial charge in [0.2, 0.25) is 0 Å². The quantitative estimate of drug-likeness (QED) is 0.909. The molecule has 1 aliphatic carbocycles. The van der Waals surface area contributed by atoms with Gasteiger partial charge < -0.3 is 5.32 Å². The van der Waals surface area contributed by atoms with Gasteiger partial charge >= 0.3 is 0 Å². The smallest absolute Gasteiger partial charge is 0.0534 e. The van der Waals surface area contributed by atoms with Gasteiger partial charge in [0, 0.05) is 30.0 Å². The van der Waals surface area contributed by atoms with Crippen molar-refractivity contribution < 1.29 is 0 Å². The molecule has 2 aromatic rings. The molecule has 1 aromatic heterocycles. The maximum Gasteiger partial charge on any atom is 0.0534 e. The predicted octanol–water partition coefficient (Wildman–Crippen LogP) is 3.07. The van der Waals surface area contributed by atoms with Crippen LogP contribution >= 0.6 is 11.6 Å². The number of rotatable bonds is 5. The van der Waals surface area contributed by atoms with Crippen molar-refractivity contribution in [1.82, 2.24) is 15.1 Å². The topological polar surface area (TPSA) is 29.9 Å². The van der Waals surface area contributed by atoms with Gasteiger partial charge in [-0.1, -0.05) is 29.8 Å². The Balaban J connectivity index is 1.42. The number of hydrogen-bond acceptors (Lipinski definition) is 2. The van der Waals surface area contributed by atoms with Crippen molar-refractivity contribution in [2.45, 2.75) is 31.3 Å². The van der Waals surface area contributed by atoms with Gasteiger partial charge in [0.15, 0.2) is 0 Å². The van der Waals surface area contributed by atoms with E-state index in [4.69, 9.17) is 11.6 Å². The minimum Gasteiger partial charge on any atom is -0.312 e. The molecule has 3 nitrogen and oxygen atoms in total. The van der Waals surface area contributed by atoms with Crippen molar-refractivity contribution in [1.29, 1.82) is 0 Å². The van der Waals surface area contributed by atoms with Gasteiger partial charge in [-0.15, -0.1) is 0 Å². The Morgan fingerprint density at radius 3 is 2.84 bits per heavy atom. The van der Waals surface area contributed by atoms with E-state index in [0.717, 1.165) is 18.1 Å². The summed E-state index contributed by atoms with van der Waals surface area (Å²) in [5, 5.41) is 8.67. The second-order valence-electron chi connectivity index (χ2n) is 5.11. The Bertz CT molecular complexity index is 518. The summed E-state index contributed by atoms with van der Waals surface area (Å²) in [6.45, 7) is 1.90. The zero-order chi connectivity index (χ0) is 13.1. The number of nitrogens with zero attached hydrogens (tertiary/aromatic N) is 2. The molecule has 0 atom stereocenters. The van der Waals surface area contributed by atoms with Gasteiger partial charge in [-0.05, 0) is 36.5 Å². The third kappa shape index (κ3) is 2.99. The highest BCUT2D eigenvalue weighted by molar-refractivity contribution is 6.31. The summed E-state index contributed by atoms with van der Waals surface area (Å²) < 4.78 is 1.96. The number of nitrogens with one attached hydrogen (secondary N) is 1. The molecule has 1 heterocycles. The van der Waals surface area contributed by atoms with Gasteiger partial charge in [0.25, 0.3) is 0 Å². The highest BCUT2D eigenvalue weighted by atomic mass is 35.5. The van der Waals surface area contributed by atoms with Gasteiger partial charge in [0.05, 0.1) is 6.54 Å². The molecule has 3 rings (SSSR count). The van der Waals surface area contributed by atoms with E-state index in [1.807, 2.05) is 35.3 Å². The second-order valence-corrected chi connectivity index (χ2v) is 5.52. The summed E-state index contributed by atoms with van der Waals surface area (Å²) in [5.41, 5.74) is 1.30. The fourth-order valence-corrected chi connectivity index (χ4v) is 2.95. The van der Waals surface area contributed by atoms with Crippen LogP contribution in [-0.4, -0.2) is 22.4 Å². The summed E-state index contributed by atoms with van der Waals surface area (Å²) in [6.07, 6.45) is 6.18. The highest BCUT2D eigenvalue weighted by Gasteiger charge is 2.30. The zero-order valence-corrected chi connectivity index (χ0v) is 11.6. The number of benzene rings is 1. The van der Waals surface area contributed by atoms with Crippen molar-refractivity contribution in [3.8, 4) is 0 Å². The van der Waals surface area contributed by atoms with Crippen LogP contribution in [0.1, 0.15) is 24.3 Å². The lowest BCUT2D eigenvalue weighted by Gasteiger charge is -2.36. The van der Waals surface area contributed by atoms with Crippen molar-refractivity contribution >= 4 is 11.6 Å². The molecule has 0 saturated heterocycles. The first-order valence-corrected chi connectivity index (χ1v) is 7.16. The summed E-state index contributed by atoms with van der Waals surface area (Å²) in [6, 6.07) is 10.8. The van der Waals surface area contributed by atoms with E-state index in [0.29, 0.717) is 12.0 Å². The van der Waals surface area contributed by atoms with E-state index in [9.17, 15) is 0 Å². The molecular weight excluding hydrogens is 258 g/mol. The van der Waals surface area contributed by atoms with E-state index < -0.39 is 0 Å². The number of hydrogen-bond donors (Lipinski definition) is 1. The molecule has 0 aliphatic heterocycles. The van der Waals surface area contributed by atoms with Crippen LogP contribution in [0.3, 0.4) is 0 Å². The van der Waals surface area contributed by atoms with Gasteiger partial charge in [-0.25, -0.2) is 0 Å². The Labute approximate surface area is 118 Å². The average Bonchev–Trinajstić information content (AvgIpc) is 2.87. The SMILES string of the molecule is Clc1ccccc1C1CC(NCCn2cccn2)C1. The molecule has 0 unspecified atom stereocenters. The largest absolute Gasteiger partial charge is 0.312 e. The molecule has 1 N–H and O–H groups in total.